The first-order valence-corrected chi connectivity index (χ1v) is 7.80. The molecule has 1 aliphatic carbocycles. The molecule has 3 atom stereocenters. The van der Waals surface area contributed by atoms with Crippen LogP contribution in [0.15, 0.2) is 6.33 Å². The van der Waals surface area contributed by atoms with E-state index in [0.717, 1.165) is 24.7 Å². The minimum atomic E-state index is 0.662. The van der Waals surface area contributed by atoms with Crippen LogP contribution in [0.4, 0.5) is 0 Å². The topological polar surface area (TPSA) is 42.7 Å². The Morgan fingerprint density at radius 2 is 2.21 bits per heavy atom. The maximum Gasteiger partial charge on any atom is 0.138 e. The summed E-state index contributed by atoms with van der Waals surface area (Å²) in [6.07, 6.45) is 9.49. The van der Waals surface area contributed by atoms with Gasteiger partial charge in [0.25, 0.3) is 0 Å². The summed E-state index contributed by atoms with van der Waals surface area (Å²) in [4.78, 5) is 4.40. The van der Waals surface area contributed by atoms with E-state index in [-0.39, 0.29) is 0 Å². The number of rotatable bonds is 6. The molecule has 1 heterocycles. The Balaban J connectivity index is 2.00. The highest BCUT2D eigenvalue weighted by Crippen LogP contribution is 2.33. The summed E-state index contributed by atoms with van der Waals surface area (Å²) in [7, 11) is 2.00. The fourth-order valence-corrected chi connectivity index (χ4v) is 3.53. The third-order valence-corrected chi connectivity index (χ3v) is 4.50. The smallest absolute Gasteiger partial charge is 0.138 e. The summed E-state index contributed by atoms with van der Waals surface area (Å²) >= 11 is 0. The molecular weight excluding hydrogens is 236 g/mol. The van der Waals surface area contributed by atoms with Crippen LogP contribution in [0.2, 0.25) is 0 Å². The first-order chi connectivity index (χ1) is 9.24. The molecule has 4 heteroatoms. The van der Waals surface area contributed by atoms with E-state index in [9.17, 15) is 0 Å². The zero-order valence-electron chi connectivity index (χ0n) is 12.6. The Bertz CT molecular complexity index is 374. The van der Waals surface area contributed by atoms with Crippen molar-refractivity contribution in [3.8, 4) is 0 Å². The normalized spacial score (nSPS) is 27.6. The van der Waals surface area contributed by atoms with E-state index in [1.54, 1.807) is 6.33 Å². The van der Waals surface area contributed by atoms with Crippen molar-refractivity contribution in [2.24, 2.45) is 18.9 Å². The maximum absolute atomic E-state index is 4.40. The number of aryl methyl sites for hydroxylation is 1. The molecule has 0 amide bonds. The summed E-state index contributed by atoms with van der Waals surface area (Å²) < 4.78 is 1.92. The second-order valence-corrected chi connectivity index (χ2v) is 5.90. The van der Waals surface area contributed by atoms with Crippen LogP contribution in [-0.2, 0) is 13.5 Å². The molecule has 4 nitrogen and oxygen atoms in total. The molecule has 0 aliphatic heterocycles. The van der Waals surface area contributed by atoms with Crippen molar-refractivity contribution in [1.29, 1.82) is 0 Å². The first kappa shape index (κ1) is 14.5. The molecule has 3 unspecified atom stereocenters. The molecule has 2 rings (SSSR count). The van der Waals surface area contributed by atoms with Gasteiger partial charge >= 0.3 is 0 Å². The molecule has 1 aromatic heterocycles. The van der Waals surface area contributed by atoms with Crippen LogP contribution in [-0.4, -0.2) is 27.4 Å². The van der Waals surface area contributed by atoms with Gasteiger partial charge in [-0.3, -0.25) is 4.68 Å². The number of hydrogen-bond acceptors (Lipinski definition) is 3. The second-order valence-electron chi connectivity index (χ2n) is 5.90. The lowest BCUT2D eigenvalue weighted by atomic mass is 9.75. The molecule has 0 aromatic carbocycles. The van der Waals surface area contributed by atoms with Crippen LogP contribution < -0.4 is 5.32 Å². The minimum Gasteiger partial charge on any atom is -0.314 e. The Hall–Kier alpha value is -0.900. The van der Waals surface area contributed by atoms with Gasteiger partial charge in [-0.05, 0) is 37.6 Å². The van der Waals surface area contributed by atoms with Gasteiger partial charge in [0.1, 0.15) is 12.2 Å². The van der Waals surface area contributed by atoms with E-state index in [2.05, 4.69) is 29.2 Å². The van der Waals surface area contributed by atoms with E-state index in [1.807, 2.05) is 11.7 Å². The summed E-state index contributed by atoms with van der Waals surface area (Å²) in [5, 5.41) is 7.87. The summed E-state index contributed by atoms with van der Waals surface area (Å²) in [6.45, 7) is 5.57. The number of aromatic nitrogens is 3. The Morgan fingerprint density at radius 3 is 2.84 bits per heavy atom. The quantitative estimate of drug-likeness (QED) is 0.858. The third kappa shape index (κ3) is 3.78. The van der Waals surface area contributed by atoms with Crippen LogP contribution in [0.1, 0.15) is 51.8 Å². The predicted octanol–water partition coefficient (Wildman–Crippen LogP) is 2.55. The molecule has 0 bridgehead atoms. The molecule has 1 saturated carbocycles. The highest BCUT2D eigenvalue weighted by Gasteiger charge is 2.30. The van der Waals surface area contributed by atoms with Crippen molar-refractivity contribution >= 4 is 0 Å². The number of hydrogen-bond donors (Lipinski definition) is 1. The van der Waals surface area contributed by atoms with Crippen molar-refractivity contribution in [2.75, 3.05) is 6.54 Å². The highest BCUT2D eigenvalue weighted by atomic mass is 15.3. The predicted molar refractivity (Wildman–Crippen MR) is 77.9 cm³/mol. The Morgan fingerprint density at radius 1 is 1.37 bits per heavy atom. The SMILES string of the molecule is CCCC1CCC(NCC)C(Cc2ncnn2C)C1. The van der Waals surface area contributed by atoms with Gasteiger partial charge in [-0.2, -0.15) is 5.10 Å². The van der Waals surface area contributed by atoms with Gasteiger partial charge in [0, 0.05) is 19.5 Å². The van der Waals surface area contributed by atoms with Gasteiger partial charge in [0.15, 0.2) is 0 Å². The van der Waals surface area contributed by atoms with E-state index < -0.39 is 0 Å². The van der Waals surface area contributed by atoms with Crippen molar-refractivity contribution in [2.45, 2.75) is 58.4 Å². The van der Waals surface area contributed by atoms with Gasteiger partial charge in [-0.25, -0.2) is 4.98 Å². The molecule has 1 fully saturated rings. The number of nitrogens with one attached hydrogen (secondary N) is 1. The van der Waals surface area contributed by atoms with Gasteiger partial charge in [-0.1, -0.05) is 26.7 Å². The summed E-state index contributed by atoms with van der Waals surface area (Å²) in [5.41, 5.74) is 0. The standard InChI is InChI=1S/C15H28N4/c1-4-6-12-7-8-14(16-5-2)13(9-12)10-15-17-11-18-19(15)3/h11-14,16H,4-10H2,1-3H3. The fourth-order valence-electron chi connectivity index (χ4n) is 3.53. The van der Waals surface area contributed by atoms with Gasteiger partial charge in [0.05, 0.1) is 0 Å². The second kappa shape index (κ2) is 7.04. The first-order valence-electron chi connectivity index (χ1n) is 7.80. The minimum absolute atomic E-state index is 0.662. The Labute approximate surface area is 117 Å². The van der Waals surface area contributed by atoms with Crippen molar-refractivity contribution < 1.29 is 0 Å². The molecule has 0 saturated heterocycles. The maximum atomic E-state index is 4.40. The van der Waals surface area contributed by atoms with E-state index in [1.165, 1.54) is 32.1 Å². The molecule has 0 radical (unpaired) electrons. The van der Waals surface area contributed by atoms with Crippen LogP contribution >= 0.6 is 0 Å². The molecule has 1 N–H and O–H groups in total. The Kier molecular flexibility index (Phi) is 5.37. The van der Waals surface area contributed by atoms with Crippen LogP contribution in [0.3, 0.4) is 0 Å². The van der Waals surface area contributed by atoms with E-state index >= 15 is 0 Å². The summed E-state index contributed by atoms with van der Waals surface area (Å²) in [5.74, 6) is 2.76. The molecular formula is C15H28N4. The summed E-state index contributed by atoms with van der Waals surface area (Å²) in [6, 6.07) is 0.662. The van der Waals surface area contributed by atoms with Crippen molar-refractivity contribution in [3.05, 3.63) is 12.2 Å². The zero-order valence-corrected chi connectivity index (χ0v) is 12.6. The molecule has 1 aliphatic rings. The molecule has 108 valence electrons. The lowest BCUT2D eigenvalue weighted by molar-refractivity contribution is 0.192. The van der Waals surface area contributed by atoms with Crippen LogP contribution in [0.5, 0.6) is 0 Å². The van der Waals surface area contributed by atoms with Gasteiger partial charge in [0.2, 0.25) is 0 Å². The fraction of sp³-hybridized carbons (Fsp3) is 0.867. The molecule has 1 aromatic rings. The van der Waals surface area contributed by atoms with Crippen LogP contribution in [0.25, 0.3) is 0 Å². The van der Waals surface area contributed by atoms with E-state index in [0.29, 0.717) is 12.0 Å². The van der Waals surface area contributed by atoms with Gasteiger partial charge in [-0.15, -0.1) is 0 Å². The van der Waals surface area contributed by atoms with Crippen molar-refractivity contribution in [1.82, 2.24) is 20.1 Å². The lowest BCUT2D eigenvalue weighted by Gasteiger charge is -2.36. The monoisotopic (exact) mass is 264 g/mol. The van der Waals surface area contributed by atoms with Crippen molar-refractivity contribution in [3.63, 3.8) is 0 Å². The average molecular weight is 264 g/mol. The number of nitrogens with zero attached hydrogens (tertiary/aromatic N) is 3. The lowest BCUT2D eigenvalue weighted by Crippen LogP contribution is -2.41. The molecule has 0 spiro atoms. The largest absolute Gasteiger partial charge is 0.314 e. The third-order valence-electron chi connectivity index (χ3n) is 4.50. The van der Waals surface area contributed by atoms with Gasteiger partial charge < -0.3 is 5.32 Å². The highest BCUT2D eigenvalue weighted by molar-refractivity contribution is 4.93. The van der Waals surface area contributed by atoms with Crippen LogP contribution in [0, 0.1) is 11.8 Å². The zero-order chi connectivity index (χ0) is 13.7. The van der Waals surface area contributed by atoms with E-state index in [4.69, 9.17) is 0 Å². The molecule has 19 heavy (non-hydrogen) atoms. The average Bonchev–Trinajstić information content (AvgIpc) is 2.79.